The van der Waals surface area contributed by atoms with Crippen molar-refractivity contribution in [3.05, 3.63) is 54.2 Å². The molecule has 0 aliphatic carbocycles. The number of nitrogens with two attached hydrogens (primary N) is 1. The third-order valence-electron chi connectivity index (χ3n) is 2.09. The number of rotatable bonds is 3. The maximum Gasteiger partial charge on any atom is 0.161 e. The van der Waals surface area contributed by atoms with E-state index in [2.05, 4.69) is 9.97 Å². The van der Waals surface area contributed by atoms with Crippen molar-refractivity contribution in [2.75, 3.05) is 5.01 Å². The lowest BCUT2D eigenvalue weighted by Gasteiger charge is -2.16. The van der Waals surface area contributed by atoms with E-state index in [1.807, 2.05) is 0 Å². The van der Waals surface area contributed by atoms with Crippen LogP contribution in [0.4, 0.5) is 10.2 Å². The molecule has 0 saturated heterocycles. The first-order valence-electron chi connectivity index (χ1n) is 4.78. The van der Waals surface area contributed by atoms with Gasteiger partial charge in [0.1, 0.15) is 5.82 Å². The summed E-state index contributed by atoms with van der Waals surface area (Å²) in [5.41, 5.74) is 0.785. The molecule has 0 bridgehead atoms. The van der Waals surface area contributed by atoms with Crippen LogP contribution in [0.1, 0.15) is 5.56 Å². The van der Waals surface area contributed by atoms with Crippen LogP contribution < -0.4 is 10.9 Å². The quantitative estimate of drug-likeness (QED) is 0.626. The molecule has 1 aromatic carbocycles. The topological polar surface area (TPSA) is 55.0 Å². The van der Waals surface area contributed by atoms with Gasteiger partial charge in [0.15, 0.2) is 5.82 Å². The highest BCUT2D eigenvalue weighted by Gasteiger charge is 2.04. The van der Waals surface area contributed by atoms with Gasteiger partial charge in [0, 0.05) is 12.4 Å². The average molecular weight is 218 g/mol. The lowest BCUT2D eigenvalue weighted by molar-refractivity contribution is 0.624. The van der Waals surface area contributed by atoms with E-state index in [0.717, 1.165) is 5.56 Å². The monoisotopic (exact) mass is 218 g/mol. The molecular formula is C11H11FN4. The maximum atomic E-state index is 12.9. The third kappa shape index (κ3) is 2.52. The molecule has 0 fully saturated rings. The first-order chi connectivity index (χ1) is 7.75. The molecule has 0 aliphatic heterocycles. The van der Waals surface area contributed by atoms with Crippen molar-refractivity contribution < 1.29 is 4.39 Å². The van der Waals surface area contributed by atoms with Crippen LogP contribution in [-0.4, -0.2) is 9.97 Å². The fourth-order valence-electron chi connectivity index (χ4n) is 1.35. The van der Waals surface area contributed by atoms with Crippen LogP contribution in [-0.2, 0) is 6.54 Å². The van der Waals surface area contributed by atoms with Crippen LogP contribution in [0.15, 0.2) is 42.9 Å². The number of anilines is 1. The smallest absolute Gasteiger partial charge is 0.161 e. The highest BCUT2D eigenvalue weighted by molar-refractivity contribution is 5.34. The summed E-state index contributed by atoms with van der Waals surface area (Å²) in [4.78, 5) is 7.95. The van der Waals surface area contributed by atoms with Gasteiger partial charge in [-0.3, -0.25) is 9.99 Å². The molecule has 0 unspecified atom stereocenters. The molecule has 0 spiro atoms. The zero-order chi connectivity index (χ0) is 11.4. The highest BCUT2D eigenvalue weighted by Crippen LogP contribution is 2.09. The fourth-order valence-corrected chi connectivity index (χ4v) is 1.35. The number of hydrazine groups is 1. The SMILES string of the molecule is NN(Cc1cccc(F)c1)c1cnccn1. The Bertz CT molecular complexity index is 461. The molecule has 4 nitrogen and oxygen atoms in total. The largest absolute Gasteiger partial charge is 0.289 e. The molecule has 0 atom stereocenters. The van der Waals surface area contributed by atoms with Gasteiger partial charge in [-0.1, -0.05) is 12.1 Å². The summed E-state index contributed by atoms with van der Waals surface area (Å²) < 4.78 is 12.9. The lowest BCUT2D eigenvalue weighted by atomic mass is 10.2. The minimum Gasteiger partial charge on any atom is -0.289 e. The maximum absolute atomic E-state index is 12.9. The van der Waals surface area contributed by atoms with Crippen LogP contribution in [0.25, 0.3) is 0 Å². The summed E-state index contributed by atoms with van der Waals surface area (Å²) in [5.74, 6) is 6.06. The van der Waals surface area contributed by atoms with Crippen LogP contribution >= 0.6 is 0 Å². The van der Waals surface area contributed by atoms with Crippen LogP contribution in [0.5, 0.6) is 0 Å². The van der Waals surface area contributed by atoms with E-state index >= 15 is 0 Å². The second-order valence-corrected chi connectivity index (χ2v) is 3.32. The van der Waals surface area contributed by atoms with Crippen molar-refractivity contribution in [2.24, 2.45) is 5.84 Å². The number of halogens is 1. The van der Waals surface area contributed by atoms with Gasteiger partial charge in [-0.25, -0.2) is 15.2 Å². The average Bonchev–Trinajstić information content (AvgIpc) is 2.30. The van der Waals surface area contributed by atoms with Gasteiger partial charge in [0.05, 0.1) is 12.7 Å². The van der Waals surface area contributed by atoms with E-state index in [9.17, 15) is 4.39 Å². The number of hydrogen-bond donors (Lipinski definition) is 1. The molecule has 5 heteroatoms. The van der Waals surface area contributed by atoms with Gasteiger partial charge in [-0.2, -0.15) is 0 Å². The van der Waals surface area contributed by atoms with Crippen LogP contribution in [0.3, 0.4) is 0 Å². The van der Waals surface area contributed by atoms with E-state index in [0.29, 0.717) is 12.4 Å². The minimum absolute atomic E-state index is 0.273. The highest BCUT2D eigenvalue weighted by atomic mass is 19.1. The summed E-state index contributed by atoms with van der Waals surface area (Å²) in [5, 5.41) is 1.42. The van der Waals surface area contributed by atoms with E-state index in [-0.39, 0.29) is 5.82 Å². The van der Waals surface area contributed by atoms with Crippen molar-refractivity contribution in [2.45, 2.75) is 6.54 Å². The van der Waals surface area contributed by atoms with Gasteiger partial charge in [-0.15, -0.1) is 0 Å². The Morgan fingerprint density at radius 2 is 2.19 bits per heavy atom. The van der Waals surface area contributed by atoms with Gasteiger partial charge in [0.25, 0.3) is 0 Å². The number of hydrogen-bond acceptors (Lipinski definition) is 4. The fraction of sp³-hybridized carbons (Fsp3) is 0.0909. The standard InChI is InChI=1S/C11H11FN4/c12-10-3-1-2-9(6-10)8-16(13)11-7-14-4-5-15-11/h1-7H,8,13H2. The molecular weight excluding hydrogens is 207 g/mol. The summed E-state index contributed by atoms with van der Waals surface area (Å²) in [6.07, 6.45) is 4.68. The van der Waals surface area contributed by atoms with Crippen molar-refractivity contribution in [1.29, 1.82) is 0 Å². The summed E-state index contributed by atoms with van der Waals surface area (Å²) in [6, 6.07) is 6.29. The van der Waals surface area contributed by atoms with Gasteiger partial charge in [0.2, 0.25) is 0 Å². The first kappa shape index (κ1) is 10.5. The Labute approximate surface area is 92.5 Å². The summed E-state index contributed by atoms with van der Waals surface area (Å²) in [7, 11) is 0. The Hall–Kier alpha value is -2.01. The van der Waals surface area contributed by atoms with Gasteiger partial charge >= 0.3 is 0 Å². The van der Waals surface area contributed by atoms with E-state index in [1.54, 1.807) is 30.7 Å². The second kappa shape index (κ2) is 4.67. The van der Waals surface area contributed by atoms with Gasteiger partial charge in [-0.05, 0) is 17.7 Å². The Kier molecular flexibility index (Phi) is 3.07. The lowest BCUT2D eigenvalue weighted by Crippen LogP contribution is -2.30. The zero-order valence-electron chi connectivity index (χ0n) is 8.55. The molecule has 0 saturated carbocycles. The third-order valence-corrected chi connectivity index (χ3v) is 2.09. The first-order valence-corrected chi connectivity index (χ1v) is 4.78. The molecule has 0 amide bonds. The summed E-state index contributed by atoms with van der Waals surface area (Å²) >= 11 is 0. The molecule has 82 valence electrons. The van der Waals surface area contributed by atoms with Crippen molar-refractivity contribution >= 4 is 5.82 Å². The number of benzene rings is 1. The normalized spacial score (nSPS) is 10.1. The van der Waals surface area contributed by atoms with Crippen molar-refractivity contribution in [1.82, 2.24) is 9.97 Å². The molecule has 1 heterocycles. The summed E-state index contributed by atoms with van der Waals surface area (Å²) in [6.45, 7) is 0.385. The van der Waals surface area contributed by atoms with E-state index < -0.39 is 0 Å². The predicted octanol–water partition coefficient (Wildman–Crippen LogP) is 1.50. The minimum atomic E-state index is -0.273. The van der Waals surface area contributed by atoms with E-state index in [4.69, 9.17) is 5.84 Å². The molecule has 2 N–H and O–H groups in total. The predicted molar refractivity (Wildman–Crippen MR) is 58.8 cm³/mol. The Morgan fingerprint density at radius 3 is 2.88 bits per heavy atom. The Balaban J connectivity index is 2.11. The molecule has 0 aliphatic rings. The molecule has 0 radical (unpaired) electrons. The molecule has 2 rings (SSSR count). The number of aromatic nitrogens is 2. The number of nitrogens with zero attached hydrogens (tertiary/aromatic N) is 3. The Morgan fingerprint density at radius 1 is 1.31 bits per heavy atom. The van der Waals surface area contributed by atoms with Crippen LogP contribution in [0.2, 0.25) is 0 Å². The van der Waals surface area contributed by atoms with Gasteiger partial charge < -0.3 is 0 Å². The molecule has 1 aromatic heterocycles. The second-order valence-electron chi connectivity index (χ2n) is 3.32. The van der Waals surface area contributed by atoms with Crippen LogP contribution in [0, 0.1) is 5.82 Å². The molecule has 16 heavy (non-hydrogen) atoms. The van der Waals surface area contributed by atoms with Crippen molar-refractivity contribution in [3.8, 4) is 0 Å². The molecule has 2 aromatic rings. The van der Waals surface area contributed by atoms with E-state index in [1.165, 1.54) is 17.1 Å². The zero-order valence-corrected chi connectivity index (χ0v) is 8.55. The van der Waals surface area contributed by atoms with Crippen molar-refractivity contribution in [3.63, 3.8) is 0 Å².